The Bertz CT molecular complexity index is 1530. The molecule has 8 nitrogen and oxygen atoms in total. The van der Waals surface area contributed by atoms with Crippen molar-refractivity contribution < 1.29 is 14.5 Å². The number of benzene rings is 3. The van der Waals surface area contributed by atoms with E-state index in [4.69, 9.17) is 11.6 Å². The van der Waals surface area contributed by atoms with Crippen molar-refractivity contribution in [2.45, 2.75) is 25.0 Å². The summed E-state index contributed by atoms with van der Waals surface area (Å²) in [5.74, 6) is -0.342. The molecule has 1 saturated heterocycles. The van der Waals surface area contributed by atoms with E-state index in [1.165, 1.54) is 12.1 Å². The zero-order chi connectivity index (χ0) is 25.0. The number of amides is 2. The van der Waals surface area contributed by atoms with Crippen LogP contribution in [0, 0.1) is 10.1 Å². The van der Waals surface area contributed by atoms with Crippen LogP contribution in [0.3, 0.4) is 0 Å². The van der Waals surface area contributed by atoms with Crippen LogP contribution in [0.4, 0.5) is 5.69 Å². The number of aromatic amines is 1. The minimum atomic E-state index is -0.713. The predicted octanol–water partition coefficient (Wildman–Crippen LogP) is 4.61. The number of rotatable bonds is 4. The first-order valence-electron chi connectivity index (χ1n) is 11.6. The Balaban J connectivity index is 1.46. The van der Waals surface area contributed by atoms with E-state index >= 15 is 0 Å². The smallest absolute Gasteiger partial charge is 0.269 e. The molecule has 4 aromatic rings. The summed E-state index contributed by atoms with van der Waals surface area (Å²) >= 11 is 6.00. The molecule has 3 aromatic carbocycles. The Morgan fingerprint density at radius 3 is 2.58 bits per heavy atom. The predicted molar refractivity (Wildman–Crippen MR) is 134 cm³/mol. The SMILES string of the molecule is O=C1[C@@H]2Cc3c([nH]c4ccccc34)C(c3cccc([N+](=O)[O-])c3)N2C(=O)CN1Cc1ccc(Cl)cc1. The third-order valence-electron chi connectivity index (χ3n) is 7.03. The van der Waals surface area contributed by atoms with Crippen LogP contribution in [0.5, 0.6) is 0 Å². The van der Waals surface area contributed by atoms with Crippen molar-refractivity contribution in [2.24, 2.45) is 0 Å². The Morgan fingerprint density at radius 2 is 1.81 bits per heavy atom. The van der Waals surface area contributed by atoms with Crippen molar-refractivity contribution in [1.29, 1.82) is 0 Å². The number of carbonyl (C=O) groups is 2. The first-order valence-corrected chi connectivity index (χ1v) is 12.0. The highest BCUT2D eigenvalue weighted by Gasteiger charge is 2.48. The number of piperazine rings is 1. The van der Waals surface area contributed by atoms with Crippen LogP contribution >= 0.6 is 11.6 Å². The second kappa shape index (κ2) is 8.49. The van der Waals surface area contributed by atoms with Crippen LogP contribution in [0.2, 0.25) is 5.02 Å². The Morgan fingerprint density at radius 1 is 1.03 bits per heavy atom. The average molecular weight is 501 g/mol. The Hall–Kier alpha value is -4.17. The second-order valence-electron chi connectivity index (χ2n) is 9.16. The fourth-order valence-electron chi connectivity index (χ4n) is 5.42. The van der Waals surface area contributed by atoms with E-state index in [0.29, 0.717) is 23.6 Å². The highest BCUT2D eigenvalue weighted by molar-refractivity contribution is 6.30. The zero-order valence-electron chi connectivity index (χ0n) is 19.1. The number of nitro benzene ring substituents is 1. The molecule has 0 radical (unpaired) electrons. The van der Waals surface area contributed by atoms with Crippen molar-refractivity contribution in [3.63, 3.8) is 0 Å². The van der Waals surface area contributed by atoms with Crippen LogP contribution < -0.4 is 0 Å². The van der Waals surface area contributed by atoms with Gasteiger partial charge in [0.05, 0.1) is 11.0 Å². The molecule has 3 heterocycles. The number of H-pyrrole nitrogens is 1. The molecule has 0 spiro atoms. The van der Waals surface area contributed by atoms with Crippen LogP contribution in [0.25, 0.3) is 10.9 Å². The number of fused-ring (bicyclic) bond motifs is 4. The summed E-state index contributed by atoms with van der Waals surface area (Å²) < 4.78 is 0. The molecule has 1 fully saturated rings. The van der Waals surface area contributed by atoms with Gasteiger partial charge in [-0.3, -0.25) is 19.7 Å². The first-order chi connectivity index (χ1) is 17.4. The standard InChI is InChI=1S/C27H21ClN4O4/c28-18-10-8-16(9-11-18)14-30-15-24(33)31-23(27(30)34)13-21-20-6-1-2-7-22(20)29-25(21)26(31)17-4-3-5-19(12-17)32(35)36/h1-12,23,26,29H,13-15H2/t23-,26?/m0/s1. The highest BCUT2D eigenvalue weighted by Crippen LogP contribution is 2.43. The van der Waals surface area contributed by atoms with E-state index in [0.717, 1.165) is 27.7 Å². The summed E-state index contributed by atoms with van der Waals surface area (Å²) in [5, 5.41) is 13.1. The number of halogens is 1. The molecule has 0 aliphatic carbocycles. The minimum absolute atomic E-state index is 0.0626. The second-order valence-corrected chi connectivity index (χ2v) is 9.60. The van der Waals surface area contributed by atoms with Crippen LogP contribution in [0.15, 0.2) is 72.8 Å². The lowest BCUT2D eigenvalue weighted by molar-refractivity contribution is -0.384. The minimum Gasteiger partial charge on any atom is -0.356 e. The number of nitrogens with one attached hydrogen (secondary N) is 1. The largest absolute Gasteiger partial charge is 0.356 e. The third-order valence-corrected chi connectivity index (χ3v) is 7.28. The molecule has 2 amide bonds. The summed E-state index contributed by atoms with van der Waals surface area (Å²) in [4.78, 5) is 45.1. The van der Waals surface area contributed by atoms with Gasteiger partial charge in [-0.25, -0.2) is 0 Å². The van der Waals surface area contributed by atoms with E-state index in [-0.39, 0.29) is 24.0 Å². The lowest BCUT2D eigenvalue weighted by Gasteiger charge is -2.47. The number of para-hydroxylation sites is 1. The Kier molecular flexibility index (Phi) is 5.26. The molecule has 1 N–H and O–H groups in total. The van der Waals surface area contributed by atoms with Gasteiger partial charge in [0.2, 0.25) is 11.8 Å². The normalized spacial score (nSPS) is 19.4. The molecule has 1 unspecified atom stereocenters. The summed E-state index contributed by atoms with van der Waals surface area (Å²) in [6, 6.07) is 20.0. The fourth-order valence-corrected chi connectivity index (χ4v) is 5.55. The van der Waals surface area contributed by atoms with Crippen molar-refractivity contribution in [3.05, 3.63) is 110 Å². The molecule has 36 heavy (non-hydrogen) atoms. The average Bonchev–Trinajstić information content (AvgIpc) is 3.25. The highest BCUT2D eigenvalue weighted by atomic mass is 35.5. The maximum atomic E-state index is 13.8. The summed E-state index contributed by atoms with van der Waals surface area (Å²) in [5.41, 5.74) is 4.06. The number of hydrogen-bond acceptors (Lipinski definition) is 4. The van der Waals surface area contributed by atoms with E-state index in [9.17, 15) is 19.7 Å². The molecule has 9 heteroatoms. The summed E-state index contributed by atoms with van der Waals surface area (Å²) in [6.07, 6.45) is 0.368. The molecule has 0 saturated carbocycles. The molecule has 180 valence electrons. The van der Waals surface area contributed by atoms with Crippen LogP contribution in [-0.2, 0) is 22.6 Å². The van der Waals surface area contributed by atoms with Gasteiger partial charge in [-0.05, 0) is 34.9 Å². The van der Waals surface area contributed by atoms with Gasteiger partial charge in [0.25, 0.3) is 5.69 Å². The summed E-state index contributed by atoms with van der Waals surface area (Å²) in [6.45, 7) is 0.229. The molecule has 0 bridgehead atoms. The summed E-state index contributed by atoms with van der Waals surface area (Å²) in [7, 11) is 0. The van der Waals surface area contributed by atoms with Gasteiger partial charge in [0.15, 0.2) is 0 Å². The molecule has 1 aromatic heterocycles. The first kappa shape index (κ1) is 22.3. The number of carbonyl (C=O) groups excluding carboxylic acids is 2. The molecular formula is C27H21ClN4O4. The zero-order valence-corrected chi connectivity index (χ0v) is 19.8. The van der Waals surface area contributed by atoms with Crippen molar-refractivity contribution in [3.8, 4) is 0 Å². The number of nitro groups is 1. The number of aromatic nitrogens is 1. The third kappa shape index (κ3) is 3.61. The maximum absolute atomic E-state index is 13.8. The van der Waals surface area contributed by atoms with E-state index in [2.05, 4.69) is 4.98 Å². The van der Waals surface area contributed by atoms with Crippen molar-refractivity contribution in [2.75, 3.05) is 6.54 Å². The number of nitrogens with zero attached hydrogens (tertiary/aromatic N) is 3. The van der Waals surface area contributed by atoms with Gasteiger partial charge in [0, 0.05) is 46.7 Å². The van der Waals surface area contributed by atoms with Crippen LogP contribution in [0.1, 0.15) is 28.4 Å². The van der Waals surface area contributed by atoms with E-state index < -0.39 is 17.0 Å². The van der Waals surface area contributed by atoms with Gasteiger partial charge in [-0.15, -0.1) is 0 Å². The monoisotopic (exact) mass is 500 g/mol. The van der Waals surface area contributed by atoms with Crippen molar-refractivity contribution in [1.82, 2.24) is 14.8 Å². The van der Waals surface area contributed by atoms with Gasteiger partial charge in [-0.2, -0.15) is 0 Å². The topological polar surface area (TPSA) is 99.5 Å². The van der Waals surface area contributed by atoms with Gasteiger partial charge in [-0.1, -0.05) is 54.1 Å². The van der Waals surface area contributed by atoms with E-state index in [1.54, 1.807) is 34.1 Å². The lowest BCUT2D eigenvalue weighted by atomic mass is 9.86. The Labute approximate surface area is 211 Å². The molecule has 2 atom stereocenters. The molecule has 2 aliphatic rings. The maximum Gasteiger partial charge on any atom is 0.269 e. The molecule has 2 aliphatic heterocycles. The number of non-ortho nitro benzene ring substituents is 1. The lowest BCUT2D eigenvalue weighted by Crippen LogP contribution is -2.62. The van der Waals surface area contributed by atoms with Crippen LogP contribution in [-0.4, -0.2) is 44.1 Å². The molecular weight excluding hydrogens is 480 g/mol. The van der Waals surface area contributed by atoms with Crippen molar-refractivity contribution >= 4 is 40.0 Å². The quantitative estimate of drug-likeness (QED) is 0.326. The number of hydrogen-bond donors (Lipinski definition) is 1. The van der Waals surface area contributed by atoms with Gasteiger partial charge >= 0.3 is 0 Å². The molecule has 6 rings (SSSR count). The van der Waals surface area contributed by atoms with Gasteiger partial charge < -0.3 is 14.8 Å². The van der Waals surface area contributed by atoms with E-state index in [1.807, 2.05) is 36.4 Å². The van der Waals surface area contributed by atoms with Gasteiger partial charge in [0.1, 0.15) is 12.6 Å². The fraction of sp³-hybridized carbons (Fsp3) is 0.185.